The van der Waals surface area contributed by atoms with Gasteiger partial charge in [0.1, 0.15) is 28.6 Å². The smallest absolute Gasteiger partial charge is 0.339 e. The number of carboxylic acid groups (broad SMARTS) is 1. The number of carboxylic acids is 1. The summed E-state index contributed by atoms with van der Waals surface area (Å²) >= 11 is 0. The second kappa shape index (κ2) is 9.97. The van der Waals surface area contributed by atoms with Gasteiger partial charge in [-0.05, 0) is 43.9 Å². The van der Waals surface area contributed by atoms with Gasteiger partial charge in [-0.3, -0.25) is 19.2 Å². The van der Waals surface area contributed by atoms with Gasteiger partial charge in [0.05, 0.1) is 31.7 Å². The predicted molar refractivity (Wildman–Crippen MR) is 150 cm³/mol. The largest absolute Gasteiger partial charge is 0.508 e. The first-order valence-corrected chi connectivity index (χ1v) is 13.6. The molecule has 2 aromatic carbocycles. The number of fused-ring (bicyclic) bond motifs is 3. The molecule has 1 fully saturated rings. The Balaban J connectivity index is 1.51. The van der Waals surface area contributed by atoms with Crippen molar-refractivity contribution in [2.75, 3.05) is 19.1 Å². The lowest BCUT2D eigenvalue weighted by molar-refractivity contribution is -0.123. The van der Waals surface area contributed by atoms with Gasteiger partial charge in [-0.25, -0.2) is 9.69 Å². The number of phenolic OH excluding ortho intramolecular Hbond substituents is 1. The molecule has 0 saturated carbocycles. The Hall–Kier alpha value is -5.19. The lowest BCUT2D eigenvalue weighted by Gasteiger charge is -2.42. The van der Waals surface area contributed by atoms with Crippen molar-refractivity contribution in [1.82, 2.24) is 0 Å². The van der Waals surface area contributed by atoms with E-state index in [1.807, 2.05) is 6.08 Å². The number of imide groups is 1. The fourth-order valence-corrected chi connectivity index (χ4v) is 7.00. The van der Waals surface area contributed by atoms with Gasteiger partial charge in [-0.15, -0.1) is 0 Å². The molecule has 11 nitrogen and oxygen atoms in total. The highest BCUT2D eigenvalue weighted by molar-refractivity contribution is 6.25. The van der Waals surface area contributed by atoms with Crippen molar-refractivity contribution < 1.29 is 48.8 Å². The van der Waals surface area contributed by atoms with Gasteiger partial charge in [0.2, 0.25) is 11.8 Å². The number of benzene rings is 2. The number of phenols is 2. The summed E-state index contributed by atoms with van der Waals surface area (Å²) in [6, 6.07) is 6.24. The first-order valence-electron chi connectivity index (χ1n) is 13.6. The van der Waals surface area contributed by atoms with E-state index in [0.717, 1.165) is 17.0 Å². The van der Waals surface area contributed by atoms with Crippen molar-refractivity contribution in [3.05, 3.63) is 75.9 Å². The molecule has 2 aromatic rings. The summed E-state index contributed by atoms with van der Waals surface area (Å²) < 4.78 is 11.2. The summed E-state index contributed by atoms with van der Waals surface area (Å²) in [6.45, 7) is 1.56. The molecule has 0 radical (unpaired) electrons. The third-order valence-electron chi connectivity index (χ3n) is 8.85. The molecule has 4 aliphatic rings. The van der Waals surface area contributed by atoms with Crippen molar-refractivity contribution in [3.63, 3.8) is 0 Å². The van der Waals surface area contributed by atoms with Crippen LogP contribution in [0.25, 0.3) is 0 Å². The number of rotatable bonds is 5. The molecule has 1 aliphatic heterocycles. The zero-order valence-corrected chi connectivity index (χ0v) is 23.4. The van der Waals surface area contributed by atoms with Crippen molar-refractivity contribution in [2.24, 2.45) is 17.8 Å². The van der Waals surface area contributed by atoms with E-state index >= 15 is 0 Å². The lowest BCUT2D eigenvalue weighted by atomic mass is 9.59. The second-order valence-corrected chi connectivity index (χ2v) is 11.0. The maximum absolute atomic E-state index is 14.0. The van der Waals surface area contributed by atoms with Gasteiger partial charge in [0, 0.05) is 46.4 Å². The average molecular weight is 586 g/mol. The molecule has 3 aliphatic carbocycles. The molecule has 1 heterocycles. The summed E-state index contributed by atoms with van der Waals surface area (Å²) in [5, 5.41) is 29.9. The molecule has 11 heteroatoms. The second-order valence-electron chi connectivity index (χ2n) is 11.0. The quantitative estimate of drug-likeness (QED) is 0.269. The highest BCUT2D eigenvalue weighted by Crippen LogP contribution is 2.58. The maximum atomic E-state index is 14.0. The van der Waals surface area contributed by atoms with Crippen LogP contribution in [-0.2, 0) is 19.2 Å². The number of aromatic carboxylic acids is 1. The number of nitrogens with zero attached hydrogens (tertiary/aromatic N) is 1. The molecule has 1 saturated heterocycles. The normalized spacial score (nSPS) is 24.7. The first kappa shape index (κ1) is 28.0. The molecule has 4 atom stereocenters. The number of aromatic hydroxyl groups is 2. The molecule has 0 bridgehead atoms. The van der Waals surface area contributed by atoms with Gasteiger partial charge in [0.25, 0.3) is 0 Å². The number of hydrogen-bond acceptors (Lipinski definition) is 9. The first-order chi connectivity index (χ1) is 20.5. The van der Waals surface area contributed by atoms with Crippen LogP contribution in [0.15, 0.2) is 64.8 Å². The van der Waals surface area contributed by atoms with Crippen molar-refractivity contribution in [2.45, 2.75) is 25.7 Å². The van der Waals surface area contributed by atoms with Crippen LogP contribution in [0, 0.1) is 17.8 Å². The Morgan fingerprint density at radius 1 is 0.953 bits per heavy atom. The fraction of sp³-hybridized carbons (Fsp3) is 0.281. The molecule has 3 N–H and O–H groups in total. The Bertz CT molecular complexity index is 1740. The Morgan fingerprint density at radius 2 is 1.63 bits per heavy atom. The summed E-state index contributed by atoms with van der Waals surface area (Å²) in [7, 11) is 2.80. The van der Waals surface area contributed by atoms with Crippen LogP contribution in [0.4, 0.5) is 5.69 Å². The molecule has 0 unspecified atom stereocenters. The fourth-order valence-electron chi connectivity index (χ4n) is 7.00. The van der Waals surface area contributed by atoms with E-state index in [1.165, 1.54) is 38.5 Å². The molecule has 0 aromatic heterocycles. The molecule has 6 rings (SSSR count). The number of carbonyl (C=O) groups is 5. The highest BCUT2D eigenvalue weighted by atomic mass is 16.5. The maximum Gasteiger partial charge on any atom is 0.339 e. The molecule has 0 spiro atoms. The molecular formula is C32H27NO10. The number of carbonyl (C=O) groups excluding carboxylic acids is 4. The monoisotopic (exact) mass is 585 g/mol. The minimum atomic E-state index is -1.36. The number of allylic oxidation sites excluding steroid dienone is 6. The van der Waals surface area contributed by atoms with Gasteiger partial charge < -0.3 is 24.8 Å². The van der Waals surface area contributed by atoms with Crippen molar-refractivity contribution in [3.8, 4) is 23.0 Å². The van der Waals surface area contributed by atoms with E-state index in [0.29, 0.717) is 11.1 Å². The van der Waals surface area contributed by atoms with Crippen molar-refractivity contribution in [1.29, 1.82) is 0 Å². The van der Waals surface area contributed by atoms with Crippen LogP contribution in [-0.4, -0.2) is 58.9 Å². The van der Waals surface area contributed by atoms with Crippen LogP contribution >= 0.6 is 0 Å². The van der Waals surface area contributed by atoms with E-state index in [1.54, 1.807) is 6.92 Å². The third kappa shape index (κ3) is 4.06. The summed E-state index contributed by atoms with van der Waals surface area (Å²) in [5.41, 5.74) is 1.47. The number of anilines is 1. The molecule has 2 amide bonds. The van der Waals surface area contributed by atoms with Gasteiger partial charge in [-0.2, -0.15) is 0 Å². The van der Waals surface area contributed by atoms with Crippen LogP contribution in [0.2, 0.25) is 0 Å². The number of ether oxygens (including phenoxy) is 2. The number of ketones is 2. The van der Waals surface area contributed by atoms with E-state index in [2.05, 4.69) is 0 Å². The minimum absolute atomic E-state index is 0.0325. The lowest BCUT2D eigenvalue weighted by Crippen LogP contribution is -2.40. The third-order valence-corrected chi connectivity index (χ3v) is 8.85. The zero-order valence-electron chi connectivity index (χ0n) is 23.4. The van der Waals surface area contributed by atoms with E-state index < -0.39 is 47.2 Å². The van der Waals surface area contributed by atoms with Gasteiger partial charge in [0.15, 0.2) is 11.6 Å². The van der Waals surface area contributed by atoms with Crippen molar-refractivity contribution >= 4 is 35.0 Å². The predicted octanol–water partition coefficient (Wildman–Crippen LogP) is 3.45. The summed E-state index contributed by atoms with van der Waals surface area (Å²) in [5.74, 6) is -6.60. The average Bonchev–Trinajstić information content (AvgIpc) is 3.23. The Morgan fingerprint density at radius 3 is 2.23 bits per heavy atom. The molecule has 220 valence electrons. The Labute approximate surface area is 245 Å². The number of amides is 2. The van der Waals surface area contributed by atoms with E-state index in [4.69, 9.17) is 9.47 Å². The Kier molecular flexibility index (Phi) is 6.48. The molecule has 43 heavy (non-hydrogen) atoms. The van der Waals surface area contributed by atoms with Crippen LogP contribution in [0.5, 0.6) is 23.0 Å². The number of methoxy groups -OCH3 is 2. The SMILES string of the molecule is COc1cc(O)cc(OC)c1[C@H]1C2=CC[C@@H]3C(=O)N(c4ccc(C(=O)O)c(O)c4)C(=O)[C@@H]3[C@@H]2CC2=C1C(=O)C(C)=CC2=O. The summed E-state index contributed by atoms with van der Waals surface area (Å²) in [4.78, 5) is 67.1. The number of Topliss-reactive ketones (excluding diaryl/α,β-unsaturated/α-hetero) is 1. The van der Waals surface area contributed by atoms with Crippen LogP contribution in [0.3, 0.4) is 0 Å². The van der Waals surface area contributed by atoms with E-state index in [9.17, 15) is 39.3 Å². The van der Waals surface area contributed by atoms with E-state index in [-0.39, 0.29) is 69.6 Å². The number of hydrogen-bond donors (Lipinski definition) is 3. The zero-order chi connectivity index (χ0) is 30.9. The summed E-state index contributed by atoms with van der Waals surface area (Å²) in [6.07, 6.45) is 3.32. The van der Waals surface area contributed by atoms with Gasteiger partial charge >= 0.3 is 5.97 Å². The molecular weight excluding hydrogens is 558 g/mol. The topological polar surface area (TPSA) is 168 Å². The highest BCUT2D eigenvalue weighted by Gasteiger charge is 2.57. The van der Waals surface area contributed by atoms with Crippen LogP contribution in [0.1, 0.15) is 41.6 Å². The van der Waals surface area contributed by atoms with Gasteiger partial charge in [-0.1, -0.05) is 11.6 Å². The van der Waals surface area contributed by atoms with Crippen LogP contribution < -0.4 is 14.4 Å². The minimum Gasteiger partial charge on any atom is -0.508 e. The standard InChI is InChI=1S/C32H27NO10/c1-13-8-21(35)20-12-19-16(26(27(20)29(13)37)28-23(42-2)10-15(34)11-24(28)43-3)6-7-18-25(19)31(39)33(30(18)38)14-4-5-17(32(40)41)22(36)9-14/h4-6,8-11,18-19,25-26,34,36H,7,12H2,1-3H3,(H,40,41)/t18-,19+,25-,26-/m0/s1.